The van der Waals surface area contributed by atoms with Gasteiger partial charge in [0.2, 0.25) is 11.8 Å². The molecule has 0 unspecified atom stereocenters. The molecule has 0 saturated heterocycles. The third kappa shape index (κ3) is 9.21. The molecule has 7 nitrogen and oxygen atoms in total. The number of amides is 2. The third-order valence-corrected chi connectivity index (χ3v) is 9.68. The van der Waals surface area contributed by atoms with E-state index in [0.717, 1.165) is 15.4 Å². The quantitative estimate of drug-likeness (QED) is 0.157. The topological polar surface area (TPSA) is 86.8 Å². The Morgan fingerprint density at radius 1 is 0.783 bits per heavy atom. The molecule has 1 N–H and O–H groups in total. The van der Waals surface area contributed by atoms with Gasteiger partial charge < -0.3 is 10.2 Å². The largest absolute Gasteiger partial charge is 0.354 e. The Labute approximate surface area is 278 Å². The second-order valence-corrected chi connectivity index (χ2v) is 14.4. The fourth-order valence-electron chi connectivity index (χ4n) is 5.08. The zero-order chi connectivity index (χ0) is 33.3. The molecule has 4 rings (SSSR count). The van der Waals surface area contributed by atoms with Crippen molar-refractivity contribution in [3.8, 4) is 0 Å². The summed E-state index contributed by atoms with van der Waals surface area (Å²) in [5, 5.41) is 3.49. The van der Waals surface area contributed by atoms with Crippen molar-refractivity contribution in [3.63, 3.8) is 0 Å². The Kier molecular flexibility index (Phi) is 12.0. The highest BCUT2D eigenvalue weighted by atomic mass is 35.5. The molecular weight excluding hydrogens is 618 g/mol. The first kappa shape index (κ1) is 34.7. The lowest BCUT2D eigenvalue weighted by molar-refractivity contribution is -0.140. The predicted octanol–water partition coefficient (Wildman–Crippen LogP) is 7.07. The average molecular weight is 660 g/mol. The zero-order valence-corrected chi connectivity index (χ0v) is 28.3. The summed E-state index contributed by atoms with van der Waals surface area (Å²) in [5.41, 5.74) is 2.98. The lowest BCUT2D eigenvalue weighted by Crippen LogP contribution is -2.53. The van der Waals surface area contributed by atoms with E-state index in [1.165, 1.54) is 17.0 Å². The van der Waals surface area contributed by atoms with Crippen molar-refractivity contribution in [1.82, 2.24) is 10.2 Å². The van der Waals surface area contributed by atoms with Crippen LogP contribution in [-0.2, 0) is 32.6 Å². The van der Waals surface area contributed by atoms with Gasteiger partial charge in [0.15, 0.2) is 0 Å². The number of hydrogen-bond donors (Lipinski definition) is 1. The highest BCUT2D eigenvalue weighted by Crippen LogP contribution is 2.27. The molecule has 0 spiro atoms. The number of hydrogen-bond acceptors (Lipinski definition) is 4. The van der Waals surface area contributed by atoms with Crippen molar-refractivity contribution in [2.24, 2.45) is 5.92 Å². The lowest BCUT2D eigenvalue weighted by Gasteiger charge is -2.34. The van der Waals surface area contributed by atoms with E-state index in [1.54, 1.807) is 48.5 Å². The molecule has 2 amide bonds. The van der Waals surface area contributed by atoms with Crippen LogP contribution in [0.2, 0.25) is 5.02 Å². The van der Waals surface area contributed by atoms with E-state index < -0.39 is 28.5 Å². The Morgan fingerprint density at radius 3 is 1.98 bits per heavy atom. The minimum absolute atomic E-state index is 0.0531. The number of sulfonamides is 1. The van der Waals surface area contributed by atoms with Crippen LogP contribution in [0.5, 0.6) is 0 Å². The van der Waals surface area contributed by atoms with E-state index in [4.69, 9.17) is 11.6 Å². The van der Waals surface area contributed by atoms with Crippen LogP contribution in [-0.4, -0.2) is 44.3 Å². The van der Waals surface area contributed by atoms with Crippen LogP contribution in [0.4, 0.5) is 5.69 Å². The molecular formula is C37H42ClN3O4S. The fraction of sp³-hybridized carbons (Fsp3) is 0.297. The number of nitrogens with zero attached hydrogens (tertiary/aromatic N) is 2. The maximum Gasteiger partial charge on any atom is 0.264 e. The van der Waals surface area contributed by atoms with Crippen molar-refractivity contribution in [2.45, 2.75) is 57.5 Å². The van der Waals surface area contributed by atoms with E-state index in [1.807, 2.05) is 62.4 Å². The zero-order valence-electron chi connectivity index (χ0n) is 26.8. The third-order valence-electron chi connectivity index (χ3n) is 7.66. The van der Waals surface area contributed by atoms with Crippen molar-refractivity contribution >= 4 is 39.1 Å². The van der Waals surface area contributed by atoms with E-state index >= 15 is 0 Å². The minimum atomic E-state index is -4.16. The molecule has 0 heterocycles. The molecule has 1 atom stereocenters. The molecule has 0 fully saturated rings. The van der Waals surface area contributed by atoms with Gasteiger partial charge in [0.25, 0.3) is 10.0 Å². The summed E-state index contributed by atoms with van der Waals surface area (Å²) in [6.07, 6.45) is 0.242. The van der Waals surface area contributed by atoms with Gasteiger partial charge in [-0.15, -0.1) is 0 Å². The SMILES string of the molecule is CC(C)CNC(=O)[C@@H](Cc1ccccc1)N(Cc1cccc(Cl)c1)C(=O)CN(c1ccc(C(C)C)cc1)S(=O)(=O)c1ccccc1. The standard InChI is InChI=1S/C37H42ClN3O4S/c1-27(2)24-39-37(43)35(23-29-12-7-5-8-13-29)40(25-30-14-11-15-32(38)22-30)36(42)26-41(33-20-18-31(19-21-33)28(3)4)46(44,45)34-16-9-6-10-17-34/h5-22,27-28,35H,23-26H2,1-4H3,(H,39,43)/t35-/m1/s1. The van der Waals surface area contributed by atoms with Crippen LogP contribution in [0.3, 0.4) is 0 Å². The first-order valence-electron chi connectivity index (χ1n) is 15.5. The normalized spacial score (nSPS) is 12.2. The number of carbonyl (C=O) groups is 2. The van der Waals surface area contributed by atoms with Crippen molar-refractivity contribution in [3.05, 3.63) is 131 Å². The number of nitrogens with one attached hydrogen (secondary N) is 1. The van der Waals surface area contributed by atoms with Gasteiger partial charge in [-0.3, -0.25) is 13.9 Å². The second kappa shape index (κ2) is 15.9. The van der Waals surface area contributed by atoms with Gasteiger partial charge in [-0.05, 0) is 64.9 Å². The summed E-state index contributed by atoms with van der Waals surface area (Å²) in [6, 6.07) is 30.9. The van der Waals surface area contributed by atoms with Gasteiger partial charge in [-0.25, -0.2) is 8.42 Å². The molecule has 242 valence electrons. The van der Waals surface area contributed by atoms with Gasteiger partial charge in [-0.1, -0.05) is 112 Å². The maximum absolute atomic E-state index is 14.6. The minimum Gasteiger partial charge on any atom is -0.354 e. The van der Waals surface area contributed by atoms with Gasteiger partial charge >= 0.3 is 0 Å². The van der Waals surface area contributed by atoms with E-state index in [2.05, 4.69) is 19.2 Å². The number of carbonyl (C=O) groups excluding carboxylic acids is 2. The van der Waals surface area contributed by atoms with Crippen LogP contribution in [0.25, 0.3) is 0 Å². The van der Waals surface area contributed by atoms with Crippen LogP contribution in [0, 0.1) is 5.92 Å². The Balaban J connectivity index is 1.80. The van der Waals surface area contributed by atoms with Crippen LogP contribution >= 0.6 is 11.6 Å². The summed E-state index contributed by atoms with van der Waals surface area (Å²) in [4.78, 5) is 30.0. The Bertz CT molecular complexity index is 1700. The molecule has 0 aliphatic heterocycles. The molecule has 46 heavy (non-hydrogen) atoms. The summed E-state index contributed by atoms with van der Waals surface area (Å²) in [6.45, 7) is 8.08. The van der Waals surface area contributed by atoms with Crippen molar-refractivity contribution < 1.29 is 18.0 Å². The van der Waals surface area contributed by atoms with Crippen LogP contribution < -0.4 is 9.62 Å². The monoisotopic (exact) mass is 659 g/mol. The number of anilines is 1. The lowest BCUT2D eigenvalue weighted by atomic mass is 10.0. The van der Waals surface area contributed by atoms with E-state index in [9.17, 15) is 18.0 Å². The molecule has 4 aromatic rings. The Hall–Kier alpha value is -4.14. The van der Waals surface area contributed by atoms with E-state index in [-0.39, 0.29) is 35.6 Å². The van der Waals surface area contributed by atoms with Crippen molar-refractivity contribution in [2.75, 3.05) is 17.4 Å². The summed E-state index contributed by atoms with van der Waals surface area (Å²) < 4.78 is 29.4. The van der Waals surface area contributed by atoms with Gasteiger partial charge in [0.1, 0.15) is 12.6 Å². The highest BCUT2D eigenvalue weighted by molar-refractivity contribution is 7.92. The fourth-order valence-corrected chi connectivity index (χ4v) is 6.73. The van der Waals surface area contributed by atoms with Gasteiger partial charge in [-0.2, -0.15) is 0 Å². The molecule has 0 aromatic heterocycles. The second-order valence-electron chi connectivity index (χ2n) is 12.1. The predicted molar refractivity (Wildman–Crippen MR) is 185 cm³/mol. The number of halogens is 1. The Morgan fingerprint density at radius 2 is 1.39 bits per heavy atom. The molecule has 0 aliphatic rings. The maximum atomic E-state index is 14.6. The molecule has 0 bridgehead atoms. The van der Waals surface area contributed by atoms with Crippen molar-refractivity contribution in [1.29, 1.82) is 0 Å². The van der Waals surface area contributed by atoms with Gasteiger partial charge in [0, 0.05) is 24.5 Å². The molecule has 4 aromatic carbocycles. The number of rotatable bonds is 14. The van der Waals surface area contributed by atoms with Crippen LogP contribution in [0.1, 0.15) is 50.3 Å². The average Bonchev–Trinajstić information content (AvgIpc) is 3.05. The first-order chi connectivity index (χ1) is 22.0. The van der Waals surface area contributed by atoms with Gasteiger partial charge in [0.05, 0.1) is 10.6 Å². The summed E-state index contributed by atoms with van der Waals surface area (Å²) in [7, 11) is -4.16. The molecule has 0 aliphatic carbocycles. The highest BCUT2D eigenvalue weighted by Gasteiger charge is 2.34. The summed E-state index contributed by atoms with van der Waals surface area (Å²) >= 11 is 6.32. The van der Waals surface area contributed by atoms with Crippen LogP contribution in [0.15, 0.2) is 114 Å². The molecule has 0 saturated carbocycles. The first-order valence-corrected chi connectivity index (χ1v) is 17.3. The summed E-state index contributed by atoms with van der Waals surface area (Å²) in [5.74, 6) is -0.399. The molecule has 0 radical (unpaired) electrons. The van der Waals surface area contributed by atoms with E-state index in [0.29, 0.717) is 22.8 Å². The number of benzene rings is 4. The smallest absolute Gasteiger partial charge is 0.264 e. The molecule has 9 heteroatoms.